The van der Waals surface area contributed by atoms with E-state index in [9.17, 15) is 9.59 Å². The second kappa shape index (κ2) is 7.30. The van der Waals surface area contributed by atoms with Crippen LogP contribution in [0.15, 0.2) is 0 Å². The number of hydrogen-bond acceptors (Lipinski definition) is 2. The van der Waals surface area contributed by atoms with E-state index >= 15 is 0 Å². The van der Waals surface area contributed by atoms with Crippen molar-refractivity contribution in [2.75, 3.05) is 6.54 Å². The monoisotopic (exact) mass is 241 g/mol. The Hall–Kier alpha value is -1.06. The maximum atomic E-state index is 12.0. The number of nitrogens with one attached hydrogen (secondary N) is 1. The minimum atomic E-state index is -0.975. The van der Waals surface area contributed by atoms with E-state index in [-0.39, 0.29) is 18.4 Å². The Morgan fingerprint density at radius 1 is 1.18 bits per heavy atom. The van der Waals surface area contributed by atoms with Gasteiger partial charge in [-0.25, -0.2) is 0 Å². The Balaban J connectivity index is 2.54. The number of amides is 1. The van der Waals surface area contributed by atoms with Gasteiger partial charge in [-0.15, -0.1) is 0 Å². The lowest BCUT2D eigenvalue weighted by Gasteiger charge is -2.27. The van der Waals surface area contributed by atoms with Crippen molar-refractivity contribution in [3.8, 4) is 0 Å². The van der Waals surface area contributed by atoms with Crippen molar-refractivity contribution < 1.29 is 14.7 Å². The van der Waals surface area contributed by atoms with Gasteiger partial charge in [0.15, 0.2) is 0 Å². The van der Waals surface area contributed by atoms with Crippen molar-refractivity contribution in [3.63, 3.8) is 0 Å². The van der Waals surface area contributed by atoms with E-state index < -0.39 is 5.97 Å². The van der Waals surface area contributed by atoms with Crippen molar-refractivity contribution in [2.45, 2.75) is 51.9 Å². The van der Waals surface area contributed by atoms with Crippen molar-refractivity contribution in [1.29, 1.82) is 0 Å². The maximum absolute atomic E-state index is 12.0. The van der Waals surface area contributed by atoms with Crippen molar-refractivity contribution in [3.05, 3.63) is 0 Å². The van der Waals surface area contributed by atoms with Crippen molar-refractivity contribution >= 4 is 11.9 Å². The van der Waals surface area contributed by atoms with Gasteiger partial charge in [-0.05, 0) is 18.8 Å². The number of aliphatic carboxylic acids is 1. The number of carboxylic acid groups (broad SMARTS) is 1. The molecule has 1 aliphatic carbocycles. The molecule has 2 atom stereocenters. The molecule has 0 heterocycles. The third-order valence-electron chi connectivity index (χ3n) is 3.68. The summed E-state index contributed by atoms with van der Waals surface area (Å²) in [7, 11) is 0. The summed E-state index contributed by atoms with van der Waals surface area (Å²) in [5.41, 5.74) is 0. The second-order valence-corrected chi connectivity index (χ2v) is 4.88. The third kappa shape index (κ3) is 4.75. The highest BCUT2D eigenvalue weighted by molar-refractivity contribution is 5.83. The first-order valence-corrected chi connectivity index (χ1v) is 6.64. The third-order valence-corrected chi connectivity index (χ3v) is 3.68. The quantitative estimate of drug-likeness (QED) is 0.792. The van der Waals surface area contributed by atoms with Gasteiger partial charge >= 0.3 is 5.97 Å². The summed E-state index contributed by atoms with van der Waals surface area (Å²) in [6.07, 6.45) is 7.75. The van der Waals surface area contributed by atoms with Gasteiger partial charge in [-0.3, -0.25) is 9.59 Å². The van der Waals surface area contributed by atoms with Crippen LogP contribution in [0.4, 0.5) is 0 Å². The van der Waals surface area contributed by atoms with Crippen LogP contribution in [0.3, 0.4) is 0 Å². The molecule has 0 bridgehead atoms. The van der Waals surface area contributed by atoms with Gasteiger partial charge in [0.05, 0.1) is 0 Å². The molecule has 0 saturated heterocycles. The van der Waals surface area contributed by atoms with Crippen LogP contribution in [0.1, 0.15) is 51.9 Å². The molecule has 0 aromatic heterocycles. The highest BCUT2D eigenvalue weighted by Gasteiger charge is 2.27. The summed E-state index contributed by atoms with van der Waals surface area (Å²) in [5, 5.41) is 11.1. The van der Waals surface area contributed by atoms with Gasteiger partial charge in [-0.1, -0.05) is 39.0 Å². The Bertz CT molecular complexity index is 265. The minimum absolute atomic E-state index is 0.0136. The summed E-state index contributed by atoms with van der Waals surface area (Å²) in [6, 6.07) is 0. The molecule has 98 valence electrons. The number of carbonyl (C=O) groups excluding carboxylic acids is 1. The molecule has 1 aliphatic rings. The number of hydrogen-bond donors (Lipinski definition) is 2. The van der Waals surface area contributed by atoms with E-state index in [1.807, 2.05) is 0 Å². The predicted octanol–water partition coefficient (Wildman–Crippen LogP) is 2.18. The summed E-state index contributed by atoms with van der Waals surface area (Å²) in [4.78, 5) is 22.4. The molecule has 0 spiro atoms. The van der Waals surface area contributed by atoms with Crippen LogP contribution < -0.4 is 5.32 Å². The number of carboxylic acids is 1. The summed E-state index contributed by atoms with van der Waals surface area (Å²) in [5.74, 6) is -0.609. The fourth-order valence-corrected chi connectivity index (χ4v) is 2.69. The molecule has 1 saturated carbocycles. The summed E-state index contributed by atoms with van der Waals surface area (Å²) >= 11 is 0. The van der Waals surface area contributed by atoms with Crippen LogP contribution in [-0.2, 0) is 9.59 Å². The largest absolute Gasteiger partial charge is 0.480 e. The van der Waals surface area contributed by atoms with E-state index in [0.29, 0.717) is 5.92 Å². The Kier molecular flexibility index (Phi) is 6.01. The van der Waals surface area contributed by atoms with Crippen LogP contribution in [-0.4, -0.2) is 23.5 Å². The van der Waals surface area contributed by atoms with E-state index in [1.165, 1.54) is 19.3 Å². The first-order chi connectivity index (χ1) is 8.15. The molecule has 0 aromatic carbocycles. The predicted molar refractivity (Wildman–Crippen MR) is 65.6 cm³/mol. The molecule has 1 fully saturated rings. The average Bonchev–Trinajstić information content (AvgIpc) is 2.26. The summed E-state index contributed by atoms with van der Waals surface area (Å²) in [6.45, 7) is 1.86. The van der Waals surface area contributed by atoms with E-state index in [0.717, 1.165) is 25.7 Å². The van der Waals surface area contributed by atoms with Gasteiger partial charge < -0.3 is 10.4 Å². The molecule has 0 aromatic rings. The number of carbonyl (C=O) groups is 2. The molecule has 4 nitrogen and oxygen atoms in total. The number of rotatable bonds is 4. The molecular weight excluding hydrogens is 218 g/mol. The smallest absolute Gasteiger partial charge is 0.322 e. The fraction of sp³-hybridized carbons (Fsp3) is 0.846. The van der Waals surface area contributed by atoms with Gasteiger partial charge in [0.1, 0.15) is 6.54 Å². The van der Waals surface area contributed by atoms with Crippen LogP contribution >= 0.6 is 0 Å². The molecule has 17 heavy (non-hydrogen) atoms. The summed E-state index contributed by atoms with van der Waals surface area (Å²) < 4.78 is 0. The van der Waals surface area contributed by atoms with Gasteiger partial charge in [0, 0.05) is 5.92 Å². The van der Waals surface area contributed by atoms with E-state index in [4.69, 9.17) is 5.11 Å². The van der Waals surface area contributed by atoms with E-state index in [1.54, 1.807) is 0 Å². The molecule has 0 aliphatic heterocycles. The van der Waals surface area contributed by atoms with Crippen LogP contribution in [0.25, 0.3) is 0 Å². The second-order valence-electron chi connectivity index (χ2n) is 4.88. The standard InChI is InChI=1S/C13H23NO3/c1-2-10-7-5-3-4-6-8-11(10)13(17)14-9-12(15)16/h10-11H,2-9H2,1H3,(H,14,17)(H,15,16). The molecule has 1 rings (SSSR count). The molecule has 2 N–H and O–H groups in total. The van der Waals surface area contributed by atoms with Gasteiger partial charge in [-0.2, -0.15) is 0 Å². The highest BCUT2D eigenvalue weighted by atomic mass is 16.4. The molecule has 4 heteroatoms. The fourth-order valence-electron chi connectivity index (χ4n) is 2.69. The first-order valence-electron chi connectivity index (χ1n) is 6.64. The zero-order valence-electron chi connectivity index (χ0n) is 10.6. The Morgan fingerprint density at radius 2 is 1.82 bits per heavy atom. The minimum Gasteiger partial charge on any atom is -0.480 e. The van der Waals surface area contributed by atoms with E-state index in [2.05, 4.69) is 12.2 Å². The molecule has 0 radical (unpaired) electrons. The van der Waals surface area contributed by atoms with Crippen molar-refractivity contribution in [2.24, 2.45) is 11.8 Å². The van der Waals surface area contributed by atoms with Crippen LogP contribution in [0.5, 0.6) is 0 Å². The molecule has 2 unspecified atom stereocenters. The maximum Gasteiger partial charge on any atom is 0.322 e. The Morgan fingerprint density at radius 3 is 2.41 bits per heavy atom. The first kappa shape index (κ1) is 14.0. The van der Waals surface area contributed by atoms with Gasteiger partial charge in [0.25, 0.3) is 0 Å². The SMILES string of the molecule is CCC1CCCCCCC1C(=O)NCC(=O)O. The lowest BCUT2D eigenvalue weighted by Crippen LogP contribution is -2.38. The topological polar surface area (TPSA) is 66.4 Å². The van der Waals surface area contributed by atoms with Crippen molar-refractivity contribution in [1.82, 2.24) is 5.32 Å². The lowest BCUT2D eigenvalue weighted by atomic mass is 9.79. The average molecular weight is 241 g/mol. The highest BCUT2D eigenvalue weighted by Crippen LogP contribution is 2.30. The Labute approximate surface area is 103 Å². The molecular formula is C13H23NO3. The lowest BCUT2D eigenvalue weighted by molar-refractivity contribution is -0.139. The van der Waals surface area contributed by atoms with Crippen LogP contribution in [0, 0.1) is 11.8 Å². The van der Waals surface area contributed by atoms with Crippen LogP contribution in [0.2, 0.25) is 0 Å². The normalized spacial score (nSPS) is 25.7. The molecule has 1 amide bonds. The zero-order valence-corrected chi connectivity index (χ0v) is 10.6. The zero-order chi connectivity index (χ0) is 12.7. The van der Waals surface area contributed by atoms with Gasteiger partial charge in [0.2, 0.25) is 5.91 Å².